The molecule has 0 aliphatic heterocycles. The third kappa shape index (κ3) is 3.62. The minimum Gasteiger partial charge on any atom is -0.488 e. The summed E-state index contributed by atoms with van der Waals surface area (Å²) in [6, 6.07) is 28.6. The number of hydrogen-bond donors (Lipinski definition) is 2. The van der Waals surface area contributed by atoms with Crippen LogP contribution in [0.2, 0.25) is 0 Å². The fourth-order valence-electron chi connectivity index (χ4n) is 2.91. The van der Waals surface area contributed by atoms with Crippen molar-refractivity contribution in [3.63, 3.8) is 0 Å². The van der Waals surface area contributed by atoms with Gasteiger partial charge in [-0.15, -0.1) is 0 Å². The van der Waals surface area contributed by atoms with E-state index in [0.29, 0.717) is 6.61 Å². The largest absolute Gasteiger partial charge is 0.488 e. The van der Waals surface area contributed by atoms with E-state index in [0.717, 1.165) is 16.7 Å². The molecule has 0 saturated carbocycles. The molecule has 2 N–H and O–H groups in total. The predicted octanol–water partition coefficient (Wildman–Crippen LogP) is 5.91. The fraction of sp³-hybridized carbons (Fsp3) is 0.0435. The highest BCUT2D eigenvalue weighted by atomic mass is 16.5. The quantitative estimate of drug-likeness (QED) is 0.421. The van der Waals surface area contributed by atoms with Crippen LogP contribution in [0.15, 0.2) is 97.3 Å². The van der Waals surface area contributed by atoms with Gasteiger partial charge in [0.25, 0.3) is 0 Å². The number of nitrogens with one attached hydrogen (secondary N) is 2. The molecule has 0 bridgehead atoms. The molecule has 3 aromatic carbocycles. The molecular formula is C23H20N2O. The van der Waals surface area contributed by atoms with Gasteiger partial charge in [-0.1, -0.05) is 54.6 Å². The maximum absolute atomic E-state index is 5.84. The number of rotatable bonds is 3. The maximum atomic E-state index is 5.84. The summed E-state index contributed by atoms with van der Waals surface area (Å²) in [6.45, 7) is 0.602. The molecule has 0 unspecified atom stereocenters. The van der Waals surface area contributed by atoms with Crippen LogP contribution in [0.1, 0.15) is 5.56 Å². The number of aromatic amines is 2. The minimum absolute atomic E-state index is 0.602. The molecule has 3 nitrogen and oxygen atoms in total. The van der Waals surface area contributed by atoms with E-state index >= 15 is 0 Å². The zero-order chi connectivity index (χ0) is 17.6. The topological polar surface area (TPSA) is 40.8 Å². The van der Waals surface area contributed by atoms with Crippen molar-refractivity contribution in [3.8, 4) is 5.75 Å². The Bertz CT molecular complexity index is 1060. The second-order valence-electron chi connectivity index (χ2n) is 6.03. The van der Waals surface area contributed by atoms with Gasteiger partial charge in [-0.25, -0.2) is 0 Å². The van der Waals surface area contributed by atoms with Crippen molar-refractivity contribution in [2.45, 2.75) is 6.61 Å². The molecule has 26 heavy (non-hydrogen) atoms. The summed E-state index contributed by atoms with van der Waals surface area (Å²) in [5.41, 5.74) is 3.49. The normalized spacial score (nSPS) is 10.5. The molecule has 0 aliphatic carbocycles. The van der Waals surface area contributed by atoms with E-state index in [1.165, 1.54) is 16.5 Å². The number of fused-ring (bicyclic) bond motifs is 2. The number of hydrogen-bond acceptors (Lipinski definition) is 1. The standard InChI is InChI=1S/C15H13NO.C8H7N/c1-2-5-12(6-3-1)11-17-15-8-4-7-14-13(15)9-10-16-14;1-2-4-8-7(3-1)5-6-9-8/h1-10,16H,11H2;1-6,9H. The summed E-state index contributed by atoms with van der Waals surface area (Å²) in [6.07, 6.45) is 3.88. The Balaban J connectivity index is 0.000000157. The van der Waals surface area contributed by atoms with Crippen molar-refractivity contribution in [1.82, 2.24) is 9.97 Å². The van der Waals surface area contributed by atoms with Gasteiger partial charge in [-0.3, -0.25) is 0 Å². The molecule has 5 aromatic rings. The number of para-hydroxylation sites is 1. The first-order valence-electron chi connectivity index (χ1n) is 8.65. The SMILES string of the molecule is c1ccc(COc2cccc3[nH]ccc23)cc1.c1ccc2[nH]ccc2c1. The van der Waals surface area contributed by atoms with Crippen molar-refractivity contribution in [1.29, 1.82) is 0 Å². The average molecular weight is 340 g/mol. The lowest BCUT2D eigenvalue weighted by atomic mass is 10.2. The Hall–Kier alpha value is -3.46. The lowest BCUT2D eigenvalue weighted by Crippen LogP contribution is -1.94. The van der Waals surface area contributed by atoms with Crippen LogP contribution in [0.4, 0.5) is 0 Å². The van der Waals surface area contributed by atoms with E-state index in [-0.39, 0.29) is 0 Å². The summed E-state index contributed by atoms with van der Waals surface area (Å²) >= 11 is 0. The Morgan fingerprint density at radius 1 is 0.615 bits per heavy atom. The Kier molecular flexibility index (Phi) is 4.70. The first-order chi connectivity index (χ1) is 12.9. The third-order valence-electron chi connectivity index (χ3n) is 4.25. The zero-order valence-electron chi connectivity index (χ0n) is 14.4. The van der Waals surface area contributed by atoms with Crippen molar-refractivity contribution in [3.05, 3.63) is 103 Å². The van der Waals surface area contributed by atoms with Crippen molar-refractivity contribution >= 4 is 21.8 Å². The Labute approximate surface area is 152 Å². The molecule has 0 saturated heterocycles. The lowest BCUT2D eigenvalue weighted by molar-refractivity contribution is 0.310. The van der Waals surface area contributed by atoms with Gasteiger partial charge in [0.05, 0.1) is 0 Å². The summed E-state index contributed by atoms with van der Waals surface area (Å²) in [4.78, 5) is 6.30. The first kappa shape index (κ1) is 16.0. The molecule has 128 valence electrons. The highest BCUT2D eigenvalue weighted by Crippen LogP contribution is 2.25. The van der Waals surface area contributed by atoms with Crippen LogP contribution in [0.25, 0.3) is 21.8 Å². The smallest absolute Gasteiger partial charge is 0.129 e. The van der Waals surface area contributed by atoms with E-state index < -0.39 is 0 Å². The average Bonchev–Trinajstić information content (AvgIpc) is 3.37. The Morgan fingerprint density at radius 3 is 2.23 bits per heavy atom. The zero-order valence-corrected chi connectivity index (χ0v) is 14.4. The van der Waals surface area contributed by atoms with Gasteiger partial charge in [0, 0.05) is 28.8 Å². The lowest BCUT2D eigenvalue weighted by Gasteiger charge is -2.07. The van der Waals surface area contributed by atoms with E-state index in [1.54, 1.807) is 0 Å². The molecule has 5 rings (SSSR count). The summed E-state index contributed by atoms with van der Waals surface area (Å²) in [5, 5.41) is 2.40. The predicted molar refractivity (Wildman–Crippen MR) is 107 cm³/mol. The fourth-order valence-corrected chi connectivity index (χ4v) is 2.91. The monoisotopic (exact) mass is 340 g/mol. The van der Waals surface area contributed by atoms with Crippen molar-refractivity contribution in [2.75, 3.05) is 0 Å². The van der Waals surface area contributed by atoms with Crippen LogP contribution in [0.3, 0.4) is 0 Å². The minimum atomic E-state index is 0.602. The van der Waals surface area contributed by atoms with Gasteiger partial charge < -0.3 is 14.7 Å². The molecule has 0 amide bonds. The van der Waals surface area contributed by atoms with Gasteiger partial charge in [-0.05, 0) is 41.3 Å². The van der Waals surface area contributed by atoms with E-state index in [2.05, 4.69) is 40.3 Å². The molecule has 0 radical (unpaired) electrons. The van der Waals surface area contributed by atoms with Crippen LogP contribution >= 0.6 is 0 Å². The van der Waals surface area contributed by atoms with Crippen LogP contribution in [-0.4, -0.2) is 9.97 Å². The van der Waals surface area contributed by atoms with Crippen LogP contribution < -0.4 is 4.74 Å². The molecule has 0 aliphatic rings. The van der Waals surface area contributed by atoms with E-state index in [1.807, 2.05) is 67.0 Å². The van der Waals surface area contributed by atoms with Gasteiger partial charge in [-0.2, -0.15) is 0 Å². The number of H-pyrrole nitrogens is 2. The van der Waals surface area contributed by atoms with Gasteiger partial charge in [0.15, 0.2) is 0 Å². The second-order valence-corrected chi connectivity index (χ2v) is 6.03. The van der Waals surface area contributed by atoms with Crippen LogP contribution in [-0.2, 0) is 6.61 Å². The molecular weight excluding hydrogens is 320 g/mol. The van der Waals surface area contributed by atoms with E-state index in [4.69, 9.17) is 4.74 Å². The highest BCUT2D eigenvalue weighted by Gasteiger charge is 2.02. The summed E-state index contributed by atoms with van der Waals surface area (Å²) in [7, 11) is 0. The highest BCUT2D eigenvalue weighted by molar-refractivity contribution is 5.85. The number of benzene rings is 3. The first-order valence-corrected chi connectivity index (χ1v) is 8.65. The molecule has 0 fully saturated rings. The van der Waals surface area contributed by atoms with Gasteiger partial charge >= 0.3 is 0 Å². The van der Waals surface area contributed by atoms with E-state index in [9.17, 15) is 0 Å². The van der Waals surface area contributed by atoms with Crippen molar-refractivity contribution in [2.24, 2.45) is 0 Å². The molecule has 3 heteroatoms. The van der Waals surface area contributed by atoms with Gasteiger partial charge in [0.1, 0.15) is 12.4 Å². The Morgan fingerprint density at radius 2 is 1.35 bits per heavy atom. The van der Waals surface area contributed by atoms with Crippen molar-refractivity contribution < 1.29 is 4.74 Å². The van der Waals surface area contributed by atoms with Crippen LogP contribution in [0.5, 0.6) is 5.75 Å². The molecule has 0 atom stereocenters. The summed E-state index contributed by atoms with van der Waals surface area (Å²) < 4.78 is 5.84. The van der Waals surface area contributed by atoms with Crippen LogP contribution in [0, 0.1) is 0 Å². The van der Waals surface area contributed by atoms with Gasteiger partial charge in [0.2, 0.25) is 0 Å². The number of aromatic nitrogens is 2. The molecule has 2 aromatic heterocycles. The second kappa shape index (κ2) is 7.62. The summed E-state index contributed by atoms with van der Waals surface area (Å²) in [5.74, 6) is 0.924. The molecule has 2 heterocycles. The third-order valence-corrected chi connectivity index (χ3v) is 4.25. The number of ether oxygens (including phenoxy) is 1. The maximum Gasteiger partial charge on any atom is 0.129 e. The molecule has 0 spiro atoms.